The van der Waals surface area contributed by atoms with Gasteiger partial charge < -0.3 is 15.5 Å². The topological polar surface area (TPSA) is 85.5 Å². The van der Waals surface area contributed by atoms with E-state index in [9.17, 15) is 22.8 Å². The van der Waals surface area contributed by atoms with Gasteiger partial charge in [-0.1, -0.05) is 25.1 Å². The number of likely N-dealkylation sites (tertiary alicyclic amines) is 1. The van der Waals surface area contributed by atoms with E-state index in [2.05, 4.69) is 21.5 Å². The Bertz CT molecular complexity index is 833. The summed E-state index contributed by atoms with van der Waals surface area (Å²) in [6.07, 6.45) is -2.95. The van der Waals surface area contributed by atoms with E-state index in [0.717, 1.165) is 16.9 Å². The zero-order chi connectivity index (χ0) is 22.2. The zero-order valence-corrected chi connectivity index (χ0v) is 17.3. The predicted molar refractivity (Wildman–Crippen MR) is 109 cm³/mol. The molecule has 31 heavy (non-hydrogen) atoms. The van der Waals surface area contributed by atoms with Crippen LogP contribution in [-0.2, 0) is 9.59 Å². The van der Waals surface area contributed by atoms with Crippen molar-refractivity contribution in [3.63, 3.8) is 0 Å². The largest absolute Gasteiger partial charge is 0.406 e. The average molecular weight is 439 g/mol. The summed E-state index contributed by atoms with van der Waals surface area (Å²) in [6, 6.07) is 6.26. The number of nitrogens with one attached hydrogen (secondary N) is 4. The van der Waals surface area contributed by atoms with E-state index in [1.165, 1.54) is 0 Å². The standard InChI is InChI=1S/C21H28F3N5O2/c1-2-5-17(30)27-15-7-4-3-6-13(15)12-8-16-19(25-9-12)18-14(10-26-28-18)20(31)29(16)11-21(22,23)24/h3-4,6-7,12,14,16,18-19,25-26,28H,2,5,8-11H2,1H3,(H,27,30). The number of halogens is 3. The van der Waals surface area contributed by atoms with Crippen molar-refractivity contribution in [2.24, 2.45) is 5.92 Å². The van der Waals surface area contributed by atoms with Crippen LogP contribution >= 0.6 is 0 Å². The van der Waals surface area contributed by atoms with Crippen molar-refractivity contribution in [3.05, 3.63) is 29.8 Å². The fourth-order valence-electron chi connectivity index (χ4n) is 5.13. The lowest BCUT2D eigenvalue weighted by molar-refractivity contribution is -0.176. The van der Waals surface area contributed by atoms with E-state index < -0.39 is 30.6 Å². The highest BCUT2D eigenvalue weighted by molar-refractivity contribution is 5.91. The predicted octanol–water partition coefficient (Wildman–Crippen LogP) is 1.74. The molecule has 10 heteroatoms. The molecule has 3 aliphatic heterocycles. The van der Waals surface area contributed by atoms with Gasteiger partial charge in [-0.05, 0) is 24.5 Å². The molecule has 3 fully saturated rings. The summed E-state index contributed by atoms with van der Waals surface area (Å²) in [5.74, 6) is -1.21. The van der Waals surface area contributed by atoms with Gasteiger partial charge in [0.2, 0.25) is 11.8 Å². The highest BCUT2D eigenvalue weighted by Gasteiger charge is 2.54. The van der Waals surface area contributed by atoms with Gasteiger partial charge in [0, 0.05) is 43.2 Å². The number of piperidine rings is 2. The third-order valence-corrected chi connectivity index (χ3v) is 6.45. The summed E-state index contributed by atoms with van der Waals surface area (Å²) >= 11 is 0. The summed E-state index contributed by atoms with van der Waals surface area (Å²) in [7, 11) is 0. The fourth-order valence-corrected chi connectivity index (χ4v) is 5.13. The van der Waals surface area contributed by atoms with E-state index in [0.29, 0.717) is 31.6 Å². The van der Waals surface area contributed by atoms with Crippen LogP contribution in [0.25, 0.3) is 0 Å². The third-order valence-electron chi connectivity index (χ3n) is 6.45. The average Bonchev–Trinajstić information content (AvgIpc) is 3.21. The molecule has 0 radical (unpaired) electrons. The number of hydrazine groups is 1. The summed E-state index contributed by atoms with van der Waals surface area (Å²) in [5.41, 5.74) is 7.56. The molecule has 7 nitrogen and oxygen atoms in total. The van der Waals surface area contributed by atoms with Crippen molar-refractivity contribution in [3.8, 4) is 0 Å². The minimum atomic E-state index is -4.47. The number of anilines is 1. The number of benzene rings is 1. The quantitative estimate of drug-likeness (QED) is 0.562. The molecule has 2 amide bonds. The van der Waals surface area contributed by atoms with Crippen molar-refractivity contribution >= 4 is 17.5 Å². The minimum Gasteiger partial charge on any atom is -0.329 e. The Morgan fingerprint density at radius 1 is 1.23 bits per heavy atom. The number of para-hydroxylation sites is 1. The van der Waals surface area contributed by atoms with Crippen LogP contribution in [-0.4, -0.2) is 60.7 Å². The van der Waals surface area contributed by atoms with E-state index in [1.807, 2.05) is 31.2 Å². The van der Waals surface area contributed by atoms with Gasteiger partial charge in [-0.2, -0.15) is 13.2 Å². The van der Waals surface area contributed by atoms with Gasteiger partial charge in [-0.15, -0.1) is 0 Å². The van der Waals surface area contributed by atoms with Crippen molar-refractivity contribution in [2.45, 2.75) is 56.4 Å². The molecule has 0 aromatic heterocycles. The molecule has 1 aromatic carbocycles. The van der Waals surface area contributed by atoms with Crippen LogP contribution in [0.1, 0.15) is 37.7 Å². The number of rotatable bonds is 5. The molecule has 0 saturated carbocycles. The zero-order valence-electron chi connectivity index (χ0n) is 17.3. The van der Waals surface area contributed by atoms with Gasteiger partial charge in [0.1, 0.15) is 6.54 Å². The Kier molecular flexibility index (Phi) is 6.23. The van der Waals surface area contributed by atoms with E-state index in [4.69, 9.17) is 0 Å². The SMILES string of the molecule is CCCC(=O)Nc1ccccc1C1CNC2C3NNCC3C(=O)N(CC(F)(F)F)C2C1. The first-order chi connectivity index (χ1) is 14.8. The molecule has 5 unspecified atom stereocenters. The second-order valence-electron chi connectivity index (χ2n) is 8.56. The molecule has 0 spiro atoms. The summed E-state index contributed by atoms with van der Waals surface area (Å²) < 4.78 is 40.0. The Hall–Kier alpha value is -2.17. The molecule has 170 valence electrons. The molecule has 5 atom stereocenters. The van der Waals surface area contributed by atoms with Crippen LogP contribution in [0.4, 0.5) is 18.9 Å². The highest BCUT2D eigenvalue weighted by Crippen LogP contribution is 2.39. The number of hydrogen-bond donors (Lipinski definition) is 4. The Balaban J connectivity index is 1.60. The second kappa shape index (κ2) is 8.76. The van der Waals surface area contributed by atoms with Crippen LogP contribution in [0, 0.1) is 5.92 Å². The first-order valence-corrected chi connectivity index (χ1v) is 10.8. The van der Waals surface area contributed by atoms with Gasteiger partial charge in [-0.25, -0.2) is 0 Å². The molecular weight excluding hydrogens is 411 g/mol. The number of carbonyl (C=O) groups is 2. The van der Waals surface area contributed by atoms with Crippen molar-refractivity contribution in [2.75, 3.05) is 25.0 Å². The van der Waals surface area contributed by atoms with Crippen molar-refractivity contribution in [1.82, 2.24) is 21.1 Å². The van der Waals surface area contributed by atoms with E-state index in [-0.39, 0.29) is 23.9 Å². The molecule has 0 bridgehead atoms. The Morgan fingerprint density at radius 3 is 2.74 bits per heavy atom. The Labute approximate surface area is 179 Å². The number of fused-ring (bicyclic) bond motifs is 3. The second-order valence-corrected chi connectivity index (χ2v) is 8.56. The van der Waals surface area contributed by atoms with Gasteiger partial charge >= 0.3 is 6.18 Å². The monoisotopic (exact) mass is 439 g/mol. The Morgan fingerprint density at radius 2 is 2.00 bits per heavy atom. The number of alkyl halides is 3. The van der Waals surface area contributed by atoms with Crippen molar-refractivity contribution in [1.29, 1.82) is 0 Å². The third kappa shape index (κ3) is 4.56. The maximum Gasteiger partial charge on any atom is 0.406 e. The van der Waals surface area contributed by atoms with Crippen LogP contribution in [0.5, 0.6) is 0 Å². The molecule has 3 aliphatic rings. The maximum absolute atomic E-state index is 13.3. The van der Waals surface area contributed by atoms with Gasteiger partial charge in [0.15, 0.2) is 0 Å². The van der Waals surface area contributed by atoms with Gasteiger partial charge in [-0.3, -0.25) is 20.4 Å². The van der Waals surface area contributed by atoms with E-state index >= 15 is 0 Å². The lowest BCUT2D eigenvalue weighted by atomic mass is 9.76. The summed E-state index contributed by atoms with van der Waals surface area (Å²) in [4.78, 5) is 26.1. The number of carbonyl (C=O) groups excluding carboxylic acids is 2. The maximum atomic E-state index is 13.3. The molecule has 4 N–H and O–H groups in total. The van der Waals surface area contributed by atoms with Crippen LogP contribution in [0.2, 0.25) is 0 Å². The first-order valence-electron chi connectivity index (χ1n) is 10.8. The smallest absolute Gasteiger partial charge is 0.329 e. The van der Waals surface area contributed by atoms with Crippen LogP contribution in [0.15, 0.2) is 24.3 Å². The van der Waals surface area contributed by atoms with Crippen LogP contribution in [0.3, 0.4) is 0 Å². The summed E-state index contributed by atoms with van der Waals surface area (Å²) in [6.45, 7) is 1.55. The fraction of sp³-hybridized carbons (Fsp3) is 0.619. The van der Waals surface area contributed by atoms with Crippen LogP contribution < -0.4 is 21.5 Å². The summed E-state index contributed by atoms with van der Waals surface area (Å²) in [5, 5.41) is 6.33. The molecule has 0 aliphatic carbocycles. The normalized spacial score (nSPS) is 30.6. The minimum absolute atomic E-state index is 0.0905. The van der Waals surface area contributed by atoms with Gasteiger partial charge in [0.05, 0.1) is 12.0 Å². The number of nitrogens with zero attached hydrogens (tertiary/aromatic N) is 1. The first kappa shape index (κ1) is 22.0. The van der Waals surface area contributed by atoms with Gasteiger partial charge in [0.25, 0.3) is 0 Å². The molecule has 4 rings (SSSR count). The lowest BCUT2D eigenvalue weighted by Gasteiger charge is -2.51. The molecular formula is C21H28F3N5O2. The van der Waals surface area contributed by atoms with Crippen molar-refractivity contribution < 1.29 is 22.8 Å². The lowest BCUT2D eigenvalue weighted by Crippen LogP contribution is -2.71. The van der Waals surface area contributed by atoms with E-state index in [1.54, 1.807) is 0 Å². The molecule has 3 saturated heterocycles. The number of amides is 2. The molecule has 1 aromatic rings. The molecule has 3 heterocycles. The number of hydrogen-bond acceptors (Lipinski definition) is 5. The highest BCUT2D eigenvalue weighted by atomic mass is 19.4.